The number of rotatable bonds is 31. The molecule has 0 radical (unpaired) electrons. The summed E-state index contributed by atoms with van der Waals surface area (Å²) in [7, 11) is 0. The van der Waals surface area contributed by atoms with Crippen LogP contribution in [0.5, 0.6) is 5.75 Å². The van der Waals surface area contributed by atoms with E-state index in [4.69, 9.17) is 40.1 Å². The summed E-state index contributed by atoms with van der Waals surface area (Å²) in [6.07, 6.45) is 2.10. The van der Waals surface area contributed by atoms with Gasteiger partial charge in [-0.05, 0) is 84.5 Å². The molecule has 80 heavy (non-hydrogen) atoms. The van der Waals surface area contributed by atoms with Gasteiger partial charge in [-0.2, -0.15) is 0 Å². The number of phenolic OH excluding ortho intramolecular Hbond substituents is 1. The van der Waals surface area contributed by atoms with Gasteiger partial charge in [-0.15, -0.1) is 0 Å². The summed E-state index contributed by atoms with van der Waals surface area (Å²) in [5.74, 6) is -5.91. The Bertz CT molecular complexity index is 2970. The Morgan fingerprint density at radius 1 is 0.463 bits per heavy atom. The van der Waals surface area contributed by atoms with Crippen LogP contribution in [0.25, 0.3) is 22.0 Å². The summed E-state index contributed by atoms with van der Waals surface area (Å²) in [6, 6.07) is 22.3. The molecule has 25 nitrogen and oxygen atoms in total. The van der Waals surface area contributed by atoms with E-state index in [0.717, 1.165) is 22.0 Å². The topological polar surface area (TPSA) is 447 Å². The van der Waals surface area contributed by atoms with Crippen molar-refractivity contribution in [3.8, 4) is 16.9 Å². The second kappa shape index (κ2) is 30.9. The van der Waals surface area contributed by atoms with Crippen molar-refractivity contribution in [2.45, 2.75) is 101 Å². The lowest BCUT2D eigenvalue weighted by Gasteiger charge is -2.28. The fourth-order valence-electron chi connectivity index (χ4n) is 8.66. The van der Waals surface area contributed by atoms with Crippen molar-refractivity contribution < 1.29 is 38.7 Å². The van der Waals surface area contributed by atoms with Crippen LogP contribution in [-0.2, 0) is 52.8 Å². The first kappa shape index (κ1) is 61.2. The maximum atomic E-state index is 14.9. The predicted molar refractivity (Wildman–Crippen MR) is 306 cm³/mol. The van der Waals surface area contributed by atoms with Gasteiger partial charge in [0.25, 0.3) is 0 Å². The number of aromatic amines is 1. The van der Waals surface area contributed by atoms with Crippen LogP contribution in [0, 0.1) is 0 Å². The highest BCUT2D eigenvalue weighted by Gasteiger charge is 2.34. The average molecular weight is 1100 g/mol. The molecule has 22 N–H and O–H groups in total. The molecule has 1 aromatic heterocycles. The van der Waals surface area contributed by atoms with Crippen LogP contribution in [0.2, 0.25) is 0 Å². The van der Waals surface area contributed by atoms with Gasteiger partial charge in [0, 0.05) is 62.9 Å². The number of primary amides is 1. The zero-order valence-electron chi connectivity index (χ0n) is 44.5. The summed E-state index contributed by atoms with van der Waals surface area (Å²) in [6.45, 7) is 1.58. The predicted octanol–water partition coefficient (Wildman–Crippen LogP) is -0.857. The van der Waals surface area contributed by atoms with Crippen LogP contribution in [0.3, 0.4) is 0 Å². The van der Waals surface area contributed by atoms with Crippen molar-refractivity contribution in [3.63, 3.8) is 0 Å². The number of amides is 7. The number of aromatic hydroxyl groups is 1. The van der Waals surface area contributed by atoms with E-state index in [2.05, 4.69) is 51.9 Å². The lowest BCUT2D eigenvalue weighted by molar-refractivity contribution is -0.135. The van der Waals surface area contributed by atoms with Crippen molar-refractivity contribution in [1.82, 2.24) is 36.9 Å². The molecule has 1 heterocycles. The Hall–Kier alpha value is -9.68. The van der Waals surface area contributed by atoms with E-state index in [1.165, 1.54) is 19.1 Å². The highest BCUT2D eigenvalue weighted by Crippen LogP contribution is 2.22. The number of nitrogens with two attached hydrogens (primary N) is 7. The molecule has 0 aliphatic carbocycles. The quantitative estimate of drug-likeness (QED) is 0.0146. The van der Waals surface area contributed by atoms with Gasteiger partial charge in [0.2, 0.25) is 41.4 Å². The number of phenols is 1. The number of hydrogen-bond acceptors (Lipinski definition) is 11. The summed E-state index contributed by atoms with van der Waals surface area (Å²) in [5, 5.41) is 27.3. The van der Waals surface area contributed by atoms with E-state index in [1.807, 2.05) is 66.7 Å². The van der Waals surface area contributed by atoms with E-state index < -0.39 is 77.6 Å². The number of fused-ring (bicyclic) bond motifs is 1. The van der Waals surface area contributed by atoms with Crippen LogP contribution in [0.15, 0.2) is 124 Å². The summed E-state index contributed by atoms with van der Waals surface area (Å²) in [5.41, 5.74) is 43.2. The molecule has 426 valence electrons. The zero-order valence-corrected chi connectivity index (χ0v) is 44.5. The summed E-state index contributed by atoms with van der Waals surface area (Å²) >= 11 is 0. The number of para-hydroxylation sites is 1. The smallest absolute Gasteiger partial charge is 0.243 e. The van der Waals surface area contributed by atoms with Gasteiger partial charge in [0.15, 0.2) is 17.9 Å². The van der Waals surface area contributed by atoms with Gasteiger partial charge in [-0.3, -0.25) is 48.5 Å². The number of aliphatic imine (C=N–C) groups is 3. The van der Waals surface area contributed by atoms with Gasteiger partial charge >= 0.3 is 0 Å². The van der Waals surface area contributed by atoms with Gasteiger partial charge in [0.05, 0.1) is 0 Å². The molecule has 7 amide bonds. The van der Waals surface area contributed by atoms with Crippen molar-refractivity contribution >= 4 is 70.1 Å². The van der Waals surface area contributed by atoms with E-state index >= 15 is 0 Å². The number of carbonyl (C=O) groups excluding carboxylic acids is 7. The number of aromatic nitrogens is 1. The normalized spacial score (nSPS) is 13.1. The summed E-state index contributed by atoms with van der Waals surface area (Å²) in [4.78, 5) is 113. The lowest BCUT2D eigenvalue weighted by atomic mass is 9.99. The zero-order chi connectivity index (χ0) is 58.1. The third-order valence-electron chi connectivity index (χ3n) is 12.7. The third-order valence-corrected chi connectivity index (χ3v) is 12.7. The van der Waals surface area contributed by atoms with Crippen LogP contribution in [0.4, 0.5) is 0 Å². The van der Waals surface area contributed by atoms with Crippen LogP contribution < -0.4 is 72.0 Å². The van der Waals surface area contributed by atoms with E-state index in [-0.39, 0.29) is 101 Å². The minimum atomic E-state index is -1.45. The molecule has 25 heteroatoms. The standard InChI is InChI=1S/C55H73N17O8/c1-32(73)67-42(15-8-26-64-54(59)60)48(76)70-45(28-33-17-21-36(22-18-33)35-10-3-2-4-11-35)51(79)71-44(29-34-19-23-38(74)24-20-34)50(78)69-43(16-9-27-65-55(61)62)49(77)72-46(30-37-31-66-40-13-6-5-12-39(37)40)52(80)68-41(47(56)75)14-7-25-63-53(57)58/h2-6,10-13,17-24,31,41-46,66,74H,7-9,14-16,25-30H2,1H3,(H2,56,75)(H,67,73)(H,68,80)(H,69,78)(H,70,76)(H,71,79)(H,72,77)(H4,57,58,63)(H4,59,60,64)(H4,61,62,65)/t41-,42-,43-,44-,45-,46-/m0/s1. The van der Waals surface area contributed by atoms with Gasteiger partial charge in [0.1, 0.15) is 42.0 Å². The maximum absolute atomic E-state index is 14.9. The minimum Gasteiger partial charge on any atom is -0.508 e. The van der Waals surface area contributed by atoms with Crippen LogP contribution >= 0.6 is 0 Å². The molecule has 0 unspecified atom stereocenters. The second-order valence-corrected chi connectivity index (χ2v) is 19.0. The molecule has 5 aromatic rings. The van der Waals surface area contributed by atoms with Crippen LogP contribution in [-0.4, -0.2) is 125 Å². The largest absolute Gasteiger partial charge is 0.508 e. The molecule has 0 spiro atoms. The molecular weight excluding hydrogens is 1030 g/mol. The van der Waals surface area contributed by atoms with Crippen molar-refractivity contribution in [2.24, 2.45) is 55.1 Å². The maximum Gasteiger partial charge on any atom is 0.243 e. The number of hydrogen-bond donors (Lipinski definition) is 15. The minimum absolute atomic E-state index is 0.0382. The molecular formula is C55H73N17O8. The monoisotopic (exact) mass is 1100 g/mol. The SMILES string of the molecule is CC(=O)N[C@@H](CCCN=C(N)N)C(=O)N[C@@H](Cc1ccc(-c2ccccc2)cc1)C(=O)N[C@@H](Cc1ccc(O)cc1)C(=O)N[C@@H](CCCN=C(N)N)C(=O)N[C@@H](Cc1c[nH]c2ccccc12)C(=O)N[C@@H](CCCN=C(N)N)C(N)=O. The average Bonchev–Trinajstić information content (AvgIpc) is 3.83. The molecule has 0 aliphatic rings. The fraction of sp³-hybridized carbons (Fsp3) is 0.345. The third kappa shape index (κ3) is 20.4. The highest BCUT2D eigenvalue weighted by molar-refractivity contribution is 5.97. The molecule has 0 saturated heterocycles. The molecule has 6 atom stereocenters. The highest BCUT2D eigenvalue weighted by atomic mass is 16.3. The van der Waals surface area contributed by atoms with Crippen LogP contribution in [0.1, 0.15) is 62.1 Å². The number of carbonyl (C=O) groups is 7. The van der Waals surface area contributed by atoms with Gasteiger partial charge in [-0.1, -0.05) is 84.9 Å². The first-order valence-corrected chi connectivity index (χ1v) is 26.0. The van der Waals surface area contributed by atoms with Crippen molar-refractivity contribution in [3.05, 3.63) is 126 Å². The molecule has 0 bridgehead atoms. The first-order valence-electron chi connectivity index (χ1n) is 26.0. The number of nitrogens with one attached hydrogen (secondary N) is 7. The molecule has 0 aliphatic heterocycles. The summed E-state index contributed by atoms with van der Waals surface area (Å²) < 4.78 is 0. The van der Waals surface area contributed by atoms with Crippen molar-refractivity contribution in [1.29, 1.82) is 0 Å². The molecule has 4 aromatic carbocycles. The fourth-order valence-corrected chi connectivity index (χ4v) is 8.66. The molecule has 5 rings (SSSR count). The Morgan fingerprint density at radius 3 is 1.32 bits per heavy atom. The number of guanidine groups is 3. The Labute approximate surface area is 462 Å². The van der Waals surface area contributed by atoms with Gasteiger partial charge < -0.3 is 82.1 Å². The number of benzene rings is 4. The van der Waals surface area contributed by atoms with Gasteiger partial charge in [-0.25, -0.2) is 0 Å². The van der Waals surface area contributed by atoms with Crippen molar-refractivity contribution in [2.75, 3.05) is 19.6 Å². The molecule has 0 fully saturated rings. The Kier molecular flexibility index (Phi) is 23.6. The molecule has 0 saturated carbocycles. The number of H-pyrrole nitrogens is 1. The second-order valence-electron chi connectivity index (χ2n) is 19.0. The number of nitrogens with zero attached hydrogens (tertiary/aromatic N) is 3. The lowest BCUT2D eigenvalue weighted by Crippen LogP contribution is -2.60. The first-order chi connectivity index (χ1) is 38.3. The van der Waals surface area contributed by atoms with E-state index in [9.17, 15) is 38.7 Å². The van der Waals surface area contributed by atoms with E-state index in [1.54, 1.807) is 30.5 Å². The Morgan fingerprint density at radius 2 is 0.850 bits per heavy atom. The Balaban J connectivity index is 1.49. The van der Waals surface area contributed by atoms with E-state index in [0.29, 0.717) is 16.7 Å².